The molecule has 5 nitrogen and oxygen atoms in total. The van der Waals surface area contributed by atoms with Crippen molar-refractivity contribution in [2.24, 2.45) is 23.2 Å². The van der Waals surface area contributed by atoms with E-state index in [2.05, 4.69) is 5.32 Å². The van der Waals surface area contributed by atoms with Crippen molar-refractivity contribution < 1.29 is 13.2 Å². The Hall–Kier alpha value is -1.40. The second-order valence-electron chi connectivity index (χ2n) is 10.5. The summed E-state index contributed by atoms with van der Waals surface area (Å²) in [7, 11) is -3.47. The molecule has 1 N–H and O–H groups in total. The number of hydrogen-bond donors (Lipinski definition) is 1. The van der Waals surface area contributed by atoms with Crippen LogP contribution in [-0.2, 0) is 14.8 Å². The maximum absolute atomic E-state index is 13.2. The van der Waals surface area contributed by atoms with Crippen molar-refractivity contribution in [3.8, 4) is 0 Å². The predicted molar refractivity (Wildman–Crippen MR) is 116 cm³/mol. The molecule has 4 bridgehead atoms. The lowest BCUT2D eigenvalue weighted by molar-refractivity contribution is -0.146. The van der Waals surface area contributed by atoms with Crippen LogP contribution in [0, 0.1) is 30.1 Å². The van der Waals surface area contributed by atoms with Crippen LogP contribution in [0.25, 0.3) is 0 Å². The summed E-state index contributed by atoms with van der Waals surface area (Å²) in [5.74, 6) is 2.51. The van der Waals surface area contributed by atoms with Gasteiger partial charge in [0.1, 0.15) is 0 Å². The number of rotatable bonds is 6. The molecular weight excluding hydrogens is 396 g/mol. The molecule has 1 aromatic carbocycles. The van der Waals surface area contributed by atoms with Crippen LogP contribution in [0.2, 0.25) is 0 Å². The van der Waals surface area contributed by atoms with Gasteiger partial charge in [0.25, 0.3) is 0 Å². The molecule has 30 heavy (non-hydrogen) atoms. The molecule has 6 rings (SSSR count). The van der Waals surface area contributed by atoms with Crippen LogP contribution in [0.3, 0.4) is 0 Å². The van der Waals surface area contributed by atoms with E-state index in [9.17, 15) is 13.2 Å². The Labute approximate surface area is 180 Å². The summed E-state index contributed by atoms with van der Waals surface area (Å²) in [4.78, 5) is 13.5. The molecular formula is C24H34N2O3S. The zero-order valence-corrected chi connectivity index (χ0v) is 18.8. The van der Waals surface area contributed by atoms with Crippen molar-refractivity contribution in [2.45, 2.75) is 75.6 Å². The molecule has 0 spiro atoms. The number of amides is 1. The molecule has 4 aliphatic carbocycles. The average molecular weight is 431 g/mol. The molecule has 1 aliphatic heterocycles. The van der Waals surface area contributed by atoms with Gasteiger partial charge >= 0.3 is 0 Å². The van der Waals surface area contributed by atoms with Gasteiger partial charge in [-0.15, -0.1) is 0 Å². The van der Waals surface area contributed by atoms with E-state index in [0.29, 0.717) is 24.4 Å². The summed E-state index contributed by atoms with van der Waals surface area (Å²) in [6, 6.07) is 7.09. The molecule has 1 saturated heterocycles. The van der Waals surface area contributed by atoms with Crippen molar-refractivity contribution in [3.63, 3.8) is 0 Å². The first kappa shape index (κ1) is 20.5. The van der Waals surface area contributed by atoms with E-state index < -0.39 is 10.0 Å². The van der Waals surface area contributed by atoms with Gasteiger partial charge in [0.05, 0.1) is 4.90 Å². The SMILES string of the molecule is Cc1ccc(S(=O)(=O)N2CCCC2CCNC(=O)C23CC4CC(CC(C4)C2)C3)cc1. The second kappa shape index (κ2) is 7.63. The van der Waals surface area contributed by atoms with E-state index in [4.69, 9.17) is 0 Å². The highest BCUT2D eigenvalue weighted by Gasteiger charge is 2.54. The standard InChI is InChI=1S/C24H34N2O3S/c1-17-4-6-22(7-5-17)30(28,29)26-10-2-3-21(26)8-9-25-23(27)24-14-18-11-19(15-24)13-20(12-18)16-24/h4-7,18-21H,2-3,8-16H2,1H3,(H,25,27). The number of nitrogens with one attached hydrogen (secondary N) is 1. The van der Waals surface area contributed by atoms with E-state index in [1.165, 1.54) is 19.3 Å². The smallest absolute Gasteiger partial charge is 0.243 e. The van der Waals surface area contributed by atoms with Gasteiger partial charge in [0.15, 0.2) is 0 Å². The minimum absolute atomic E-state index is 0.0204. The number of carbonyl (C=O) groups is 1. The Bertz CT molecular complexity index is 874. The topological polar surface area (TPSA) is 66.5 Å². The highest BCUT2D eigenvalue weighted by molar-refractivity contribution is 7.89. The largest absolute Gasteiger partial charge is 0.356 e. The molecule has 0 aromatic heterocycles. The maximum Gasteiger partial charge on any atom is 0.243 e. The highest BCUT2D eigenvalue weighted by atomic mass is 32.2. The lowest BCUT2D eigenvalue weighted by Crippen LogP contribution is -2.54. The van der Waals surface area contributed by atoms with Crippen LogP contribution in [0.15, 0.2) is 29.2 Å². The summed E-state index contributed by atoms with van der Waals surface area (Å²) >= 11 is 0. The first-order valence-electron chi connectivity index (χ1n) is 11.7. The van der Waals surface area contributed by atoms with Gasteiger partial charge in [-0.1, -0.05) is 17.7 Å². The number of nitrogens with zero attached hydrogens (tertiary/aromatic N) is 1. The van der Waals surface area contributed by atoms with Crippen LogP contribution in [0.4, 0.5) is 0 Å². The number of carbonyl (C=O) groups excluding carboxylic acids is 1. The Morgan fingerprint density at radius 2 is 1.67 bits per heavy atom. The van der Waals surface area contributed by atoms with Crippen molar-refractivity contribution in [3.05, 3.63) is 29.8 Å². The number of sulfonamides is 1. The Kier molecular flexibility index (Phi) is 5.21. The van der Waals surface area contributed by atoms with Crippen LogP contribution in [0.1, 0.15) is 63.4 Å². The molecule has 1 atom stereocenters. The van der Waals surface area contributed by atoms with Gasteiger partial charge in [-0.05, 0) is 94.6 Å². The summed E-state index contributed by atoms with van der Waals surface area (Å²) in [6.07, 6.45) is 9.67. The van der Waals surface area contributed by atoms with Crippen LogP contribution in [-0.4, -0.2) is 37.8 Å². The molecule has 1 unspecified atom stereocenters. The summed E-state index contributed by atoms with van der Waals surface area (Å²) in [5, 5.41) is 3.23. The van der Waals surface area contributed by atoms with E-state index >= 15 is 0 Å². The minimum Gasteiger partial charge on any atom is -0.356 e. The summed E-state index contributed by atoms with van der Waals surface area (Å²) in [5.41, 5.74) is 0.928. The fraction of sp³-hybridized carbons (Fsp3) is 0.708. The lowest BCUT2D eigenvalue weighted by atomic mass is 9.49. The normalized spacial score (nSPS) is 35.6. The number of benzene rings is 1. The molecule has 5 aliphatic rings. The van der Waals surface area contributed by atoms with E-state index in [1.54, 1.807) is 16.4 Å². The third kappa shape index (κ3) is 3.60. The second-order valence-corrected chi connectivity index (χ2v) is 12.4. The molecule has 5 fully saturated rings. The first-order valence-corrected chi connectivity index (χ1v) is 13.2. The number of hydrogen-bond acceptors (Lipinski definition) is 3. The Morgan fingerprint density at radius 1 is 1.07 bits per heavy atom. The minimum atomic E-state index is -3.47. The monoisotopic (exact) mass is 430 g/mol. The fourth-order valence-electron chi connectivity index (χ4n) is 7.19. The van der Waals surface area contributed by atoms with E-state index in [0.717, 1.165) is 55.4 Å². The highest BCUT2D eigenvalue weighted by Crippen LogP contribution is 2.60. The third-order valence-electron chi connectivity index (χ3n) is 8.23. The van der Waals surface area contributed by atoms with E-state index in [-0.39, 0.29) is 17.4 Å². The van der Waals surface area contributed by atoms with Crippen LogP contribution in [0.5, 0.6) is 0 Å². The molecule has 4 saturated carbocycles. The van der Waals surface area contributed by atoms with Crippen molar-refractivity contribution in [1.29, 1.82) is 0 Å². The van der Waals surface area contributed by atoms with Crippen molar-refractivity contribution in [2.75, 3.05) is 13.1 Å². The van der Waals surface area contributed by atoms with Gasteiger partial charge < -0.3 is 5.32 Å². The van der Waals surface area contributed by atoms with Crippen molar-refractivity contribution in [1.82, 2.24) is 9.62 Å². The maximum atomic E-state index is 13.2. The predicted octanol–water partition coefficient (Wildman–Crippen LogP) is 3.87. The molecule has 164 valence electrons. The Balaban J connectivity index is 1.20. The zero-order valence-electron chi connectivity index (χ0n) is 18.0. The van der Waals surface area contributed by atoms with E-state index in [1.807, 2.05) is 19.1 Å². The molecule has 1 amide bonds. The molecule has 1 aromatic rings. The van der Waals surface area contributed by atoms with Gasteiger partial charge in [-0.3, -0.25) is 4.79 Å². The Morgan fingerprint density at radius 3 is 2.27 bits per heavy atom. The molecule has 1 heterocycles. The van der Waals surface area contributed by atoms with Gasteiger partial charge in [-0.2, -0.15) is 4.31 Å². The number of aryl methyl sites for hydroxylation is 1. The van der Waals surface area contributed by atoms with Gasteiger partial charge in [-0.25, -0.2) is 8.42 Å². The van der Waals surface area contributed by atoms with Crippen LogP contribution >= 0.6 is 0 Å². The average Bonchev–Trinajstić information content (AvgIpc) is 3.17. The quantitative estimate of drug-likeness (QED) is 0.745. The molecule has 0 radical (unpaired) electrons. The first-order chi connectivity index (χ1) is 14.4. The summed E-state index contributed by atoms with van der Waals surface area (Å²) in [6.45, 7) is 3.11. The third-order valence-corrected chi connectivity index (χ3v) is 10.2. The lowest BCUT2D eigenvalue weighted by Gasteiger charge is -2.55. The fourth-order valence-corrected chi connectivity index (χ4v) is 8.91. The zero-order chi connectivity index (χ0) is 20.9. The van der Waals surface area contributed by atoms with Crippen LogP contribution < -0.4 is 5.32 Å². The van der Waals surface area contributed by atoms with Gasteiger partial charge in [0.2, 0.25) is 15.9 Å². The molecule has 6 heteroatoms. The van der Waals surface area contributed by atoms with Gasteiger partial charge in [0, 0.05) is 24.5 Å². The summed E-state index contributed by atoms with van der Waals surface area (Å²) < 4.78 is 27.9. The van der Waals surface area contributed by atoms with Crippen molar-refractivity contribution >= 4 is 15.9 Å².